The van der Waals surface area contributed by atoms with Gasteiger partial charge in [-0.2, -0.15) is 4.80 Å². The van der Waals surface area contributed by atoms with Gasteiger partial charge in [-0.25, -0.2) is 4.79 Å². The molecule has 0 radical (unpaired) electrons. The second-order valence-corrected chi connectivity index (χ2v) is 3.97. The van der Waals surface area contributed by atoms with E-state index < -0.39 is 17.8 Å². The van der Waals surface area contributed by atoms with Gasteiger partial charge in [-0.15, -0.1) is 5.10 Å². The molecule has 1 aromatic rings. The van der Waals surface area contributed by atoms with Gasteiger partial charge < -0.3 is 4.90 Å². The molecule has 2 rings (SSSR count). The van der Waals surface area contributed by atoms with Crippen LogP contribution in [-0.2, 0) is 16.1 Å². The van der Waals surface area contributed by atoms with Gasteiger partial charge >= 0.3 is 6.03 Å². The Hall–Kier alpha value is -2.52. The minimum atomic E-state index is -0.548. The average Bonchev–Trinajstić information content (AvgIpc) is 2.90. The molecule has 1 fully saturated rings. The summed E-state index contributed by atoms with van der Waals surface area (Å²) in [6, 6.07) is -0.495. The molecule has 4 amide bonds. The molecule has 0 atom stereocenters. The van der Waals surface area contributed by atoms with Crippen molar-refractivity contribution in [1.29, 1.82) is 0 Å². The first-order chi connectivity index (χ1) is 9.01. The fourth-order valence-electron chi connectivity index (χ4n) is 1.56. The van der Waals surface area contributed by atoms with Crippen LogP contribution in [0.4, 0.5) is 10.7 Å². The van der Waals surface area contributed by atoms with Crippen LogP contribution >= 0.6 is 0 Å². The summed E-state index contributed by atoms with van der Waals surface area (Å²) in [5.41, 5.74) is 0. The summed E-state index contributed by atoms with van der Waals surface area (Å²) >= 11 is 0. The molecule has 1 aliphatic heterocycles. The first-order valence-corrected chi connectivity index (χ1v) is 5.64. The van der Waals surface area contributed by atoms with Crippen LogP contribution in [0, 0.1) is 0 Å². The third-order valence-corrected chi connectivity index (χ3v) is 2.52. The first kappa shape index (κ1) is 12.9. The van der Waals surface area contributed by atoms with Crippen molar-refractivity contribution in [1.82, 2.24) is 30.0 Å². The number of aryl methyl sites for hydroxylation is 1. The SMILES string of the molecule is CCn1nnc(NC(=O)CN2C(=O)CN(C)C2=O)n1. The number of amides is 4. The molecule has 10 heteroatoms. The summed E-state index contributed by atoms with van der Waals surface area (Å²) in [5.74, 6) is -0.917. The summed E-state index contributed by atoms with van der Waals surface area (Å²) in [7, 11) is 1.49. The number of nitrogens with zero attached hydrogens (tertiary/aromatic N) is 6. The van der Waals surface area contributed by atoms with Crippen molar-refractivity contribution in [3.63, 3.8) is 0 Å². The van der Waals surface area contributed by atoms with Crippen LogP contribution in [-0.4, -0.2) is 68.0 Å². The van der Waals surface area contributed by atoms with Gasteiger partial charge in [-0.3, -0.25) is 19.8 Å². The van der Waals surface area contributed by atoms with Gasteiger partial charge in [0, 0.05) is 7.05 Å². The van der Waals surface area contributed by atoms with Crippen molar-refractivity contribution < 1.29 is 14.4 Å². The zero-order valence-corrected chi connectivity index (χ0v) is 10.5. The van der Waals surface area contributed by atoms with Crippen LogP contribution in [0.3, 0.4) is 0 Å². The van der Waals surface area contributed by atoms with Crippen LogP contribution in [0.25, 0.3) is 0 Å². The van der Waals surface area contributed by atoms with E-state index >= 15 is 0 Å². The van der Waals surface area contributed by atoms with Gasteiger partial charge in [-0.05, 0) is 12.1 Å². The smallest absolute Gasteiger partial charge is 0.318 e. The summed E-state index contributed by atoms with van der Waals surface area (Å²) in [5, 5.41) is 13.5. The number of hydrogen-bond donors (Lipinski definition) is 1. The third-order valence-electron chi connectivity index (χ3n) is 2.52. The number of tetrazole rings is 1. The Morgan fingerprint density at radius 2 is 2.16 bits per heavy atom. The highest BCUT2D eigenvalue weighted by atomic mass is 16.2. The molecule has 10 nitrogen and oxygen atoms in total. The number of aromatic nitrogens is 4. The normalized spacial score (nSPS) is 15.3. The monoisotopic (exact) mass is 267 g/mol. The van der Waals surface area contributed by atoms with E-state index in [4.69, 9.17) is 0 Å². The highest BCUT2D eigenvalue weighted by molar-refractivity contribution is 6.05. The Bertz CT molecular complexity index is 526. The average molecular weight is 267 g/mol. The van der Waals surface area contributed by atoms with Gasteiger partial charge in [0.1, 0.15) is 13.1 Å². The highest BCUT2D eigenvalue weighted by Gasteiger charge is 2.34. The predicted octanol–water partition coefficient (Wildman–Crippen LogP) is -1.47. The number of imide groups is 1. The molecule has 0 bridgehead atoms. The van der Waals surface area contributed by atoms with E-state index in [0.717, 1.165) is 4.90 Å². The fourth-order valence-corrected chi connectivity index (χ4v) is 1.56. The molecule has 102 valence electrons. The number of carbonyl (C=O) groups is 3. The lowest BCUT2D eigenvalue weighted by Gasteiger charge is -2.12. The minimum absolute atomic E-state index is 0.0175. The fraction of sp³-hybridized carbons (Fsp3) is 0.556. The Morgan fingerprint density at radius 1 is 1.42 bits per heavy atom. The first-order valence-electron chi connectivity index (χ1n) is 5.64. The summed E-state index contributed by atoms with van der Waals surface area (Å²) in [6.45, 7) is 1.97. The molecule has 0 spiro atoms. The maximum atomic E-state index is 11.7. The number of hydrogen-bond acceptors (Lipinski definition) is 6. The molecule has 2 heterocycles. The van der Waals surface area contributed by atoms with Gasteiger partial charge in [0.15, 0.2) is 0 Å². The zero-order chi connectivity index (χ0) is 14.0. The van der Waals surface area contributed by atoms with Gasteiger partial charge in [-0.1, -0.05) is 5.10 Å². The van der Waals surface area contributed by atoms with E-state index in [0.29, 0.717) is 6.54 Å². The number of rotatable bonds is 4. The maximum absolute atomic E-state index is 11.7. The van der Waals surface area contributed by atoms with Crippen LogP contribution < -0.4 is 5.32 Å². The van der Waals surface area contributed by atoms with Crippen LogP contribution in [0.2, 0.25) is 0 Å². The third kappa shape index (κ3) is 2.67. The molecule has 0 aliphatic carbocycles. The largest absolute Gasteiger partial charge is 0.327 e. The second kappa shape index (κ2) is 5.00. The number of nitrogens with one attached hydrogen (secondary N) is 1. The van der Waals surface area contributed by atoms with Gasteiger partial charge in [0.05, 0.1) is 6.54 Å². The lowest BCUT2D eigenvalue weighted by Crippen LogP contribution is -2.38. The molecule has 1 saturated heterocycles. The minimum Gasteiger partial charge on any atom is -0.318 e. The Morgan fingerprint density at radius 3 is 2.68 bits per heavy atom. The number of urea groups is 1. The number of likely N-dealkylation sites (N-methyl/N-ethyl adjacent to an activating group) is 1. The van der Waals surface area contributed by atoms with Crippen molar-refractivity contribution in [3.8, 4) is 0 Å². The molecular formula is C9H13N7O3. The Balaban J connectivity index is 1.94. The van der Waals surface area contributed by atoms with Gasteiger partial charge in [0.25, 0.3) is 11.9 Å². The van der Waals surface area contributed by atoms with E-state index in [9.17, 15) is 14.4 Å². The van der Waals surface area contributed by atoms with Crippen LogP contribution in [0.5, 0.6) is 0 Å². The van der Waals surface area contributed by atoms with E-state index in [1.54, 1.807) is 0 Å². The molecular weight excluding hydrogens is 254 g/mol. The topological polar surface area (TPSA) is 113 Å². The van der Waals surface area contributed by atoms with E-state index in [1.807, 2.05) is 6.92 Å². The van der Waals surface area contributed by atoms with E-state index in [2.05, 4.69) is 20.7 Å². The summed E-state index contributed by atoms with van der Waals surface area (Å²) in [6.07, 6.45) is 0. The maximum Gasteiger partial charge on any atom is 0.327 e. The van der Waals surface area contributed by atoms with Crippen LogP contribution in [0.15, 0.2) is 0 Å². The highest BCUT2D eigenvalue weighted by Crippen LogP contribution is 2.07. The standard InChI is InChI=1S/C9H13N7O3/c1-3-16-12-8(11-13-16)10-6(17)4-15-7(18)5-14(2)9(15)19/h3-5H2,1-2H3,(H,10,12,17). The van der Waals surface area contributed by atoms with Crippen molar-refractivity contribution in [2.75, 3.05) is 25.5 Å². The predicted molar refractivity (Wildman–Crippen MR) is 61.9 cm³/mol. The second-order valence-electron chi connectivity index (χ2n) is 3.97. The van der Waals surface area contributed by atoms with Crippen LogP contribution in [0.1, 0.15) is 6.92 Å². The molecule has 0 aromatic carbocycles. The lowest BCUT2D eigenvalue weighted by atomic mass is 10.5. The lowest BCUT2D eigenvalue weighted by molar-refractivity contribution is -0.129. The van der Waals surface area contributed by atoms with Crippen molar-refractivity contribution in [2.24, 2.45) is 0 Å². The number of anilines is 1. The quantitative estimate of drug-likeness (QED) is 0.666. The molecule has 19 heavy (non-hydrogen) atoms. The molecule has 0 unspecified atom stereocenters. The Labute approximate surface area is 108 Å². The van der Waals surface area contributed by atoms with Gasteiger partial charge in [0.2, 0.25) is 5.91 Å². The zero-order valence-electron chi connectivity index (χ0n) is 10.5. The summed E-state index contributed by atoms with van der Waals surface area (Å²) in [4.78, 5) is 38.1. The molecule has 0 saturated carbocycles. The van der Waals surface area contributed by atoms with Crippen molar-refractivity contribution in [2.45, 2.75) is 13.5 Å². The van der Waals surface area contributed by atoms with E-state index in [-0.39, 0.29) is 19.0 Å². The molecule has 1 N–H and O–H groups in total. The number of carbonyl (C=O) groups excluding carboxylic acids is 3. The molecule has 1 aliphatic rings. The Kier molecular flexibility index (Phi) is 3.40. The van der Waals surface area contributed by atoms with Crippen molar-refractivity contribution >= 4 is 23.8 Å². The van der Waals surface area contributed by atoms with E-state index in [1.165, 1.54) is 16.7 Å². The molecule has 1 aromatic heterocycles. The van der Waals surface area contributed by atoms with Crippen molar-refractivity contribution in [3.05, 3.63) is 0 Å². The summed E-state index contributed by atoms with van der Waals surface area (Å²) < 4.78 is 0.